The summed E-state index contributed by atoms with van der Waals surface area (Å²) in [5, 5.41) is 10.4. The van der Waals surface area contributed by atoms with Gasteiger partial charge in [0.1, 0.15) is 0 Å². The third-order valence-corrected chi connectivity index (χ3v) is 5.50. The summed E-state index contributed by atoms with van der Waals surface area (Å²) < 4.78 is 26.0. The van der Waals surface area contributed by atoms with E-state index in [-0.39, 0.29) is 6.03 Å². The third kappa shape index (κ3) is 6.85. The van der Waals surface area contributed by atoms with Crippen LogP contribution in [-0.2, 0) is 16.6 Å². The van der Waals surface area contributed by atoms with Crippen molar-refractivity contribution >= 4 is 27.7 Å². The fraction of sp³-hybridized carbons (Fsp3) is 0.412. The second kappa shape index (κ2) is 9.72. The molecule has 0 aliphatic carbocycles. The standard InChI is InChI=1S/C17H24ClN5O3S/c1-3-22(27(2,25)26)10-4-9-19-17(24)20-11-14-12-21-23(13-14)16-7-5-15(18)6-8-16/h5-8,12-13H,3-4,9-11H2,1-2H3,(H2,19,20,24). The third-order valence-electron chi connectivity index (χ3n) is 3.87. The Balaban J connectivity index is 1.72. The molecule has 0 saturated heterocycles. The van der Waals surface area contributed by atoms with Crippen LogP contribution in [0.1, 0.15) is 18.9 Å². The second-order valence-electron chi connectivity index (χ2n) is 5.99. The molecule has 1 aromatic carbocycles. The summed E-state index contributed by atoms with van der Waals surface area (Å²) in [6.45, 7) is 3.31. The van der Waals surface area contributed by atoms with Crippen molar-refractivity contribution in [3.8, 4) is 5.69 Å². The molecule has 0 atom stereocenters. The maximum absolute atomic E-state index is 11.8. The molecule has 0 fully saturated rings. The van der Waals surface area contributed by atoms with Crippen LogP contribution in [0.25, 0.3) is 5.69 Å². The number of hydrogen-bond donors (Lipinski definition) is 2. The van der Waals surface area contributed by atoms with E-state index in [2.05, 4.69) is 15.7 Å². The monoisotopic (exact) mass is 413 g/mol. The van der Waals surface area contributed by atoms with E-state index in [1.54, 1.807) is 29.9 Å². The lowest BCUT2D eigenvalue weighted by Crippen LogP contribution is -2.37. The number of carbonyl (C=O) groups is 1. The van der Waals surface area contributed by atoms with Crippen LogP contribution in [0.5, 0.6) is 0 Å². The van der Waals surface area contributed by atoms with Crippen molar-refractivity contribution in [3.05, 3.63) is 47.2 Å². The molecular formula is C17H24ClN5O3S. The van der Waals surface area contributed by atoms with E-state index in [4.69, 9.17) is 11.6 Å². The molecule has 0 radical (unpaired) electrons. The highest BCUT2D eigenvalue weighted by atomic mass is 35.5. The number of sulfonamides is 1. The van der Waals surface area contributed by atoms with Crippen LogP contribution in [0, 0.1) is 0 Å². The Morgan fingerprint density at radius 1 is 1.26 bits per heavy atom. The van der Waals surface area contributed by atoms with Gasteiger partial charge in [0.25, 0.3) is 0 Å². The van der Waals surface area contributed by atoms with E-state index in [1.165, 1.54) is 10.6 Å². The number of rotatable bonds is 9. The lowest BCUT2D eigenvalue weighted by molar-refractivity contribution is 0.240. The highest BCUT2D eigenvalue weighted by molar-refractivity contribution is 7.88. The van der Waals surface area contributed by atoms with Gasteiger partial charge in [-0.2, -0.15) is 5.10 Å². The van der Waals surface area contributed by atoms with Crippen molar-refractivity contribution in [3.63, 3.8) is 0 Å². The summed E-state index contributed by atoms with van der Waals surface area (Å²) in [5.74, 6) is 0. The van der Waals surface area contributed by atoms with E-state index in [9.17, 15) is 13.2 Å². The van der Waals surface area contributed by atoms with E-state index in [1.807, 2.05) is 18.3 Å². The quantitative estimate of drug-likeness (QED) is 0.614. The molecule has 8 nitrogen and oxygen atoms in total. The average molecular weight is 414 g/mol. The van der Waals surface area contributed by atoms with Crippen molar-refractivity contribution in [2.45, 2.75) is 19.9 Å². The van der Waals surface area contributed by atoms with Crippen LogP contribution in [0.2, 0.25) is 5.02 Å². The smallest absolute Gasteiger partial charge is 0.315 e. The molecule has 2 amide bonds. The molecule has 2 rings (SSSR count). The first-order valence-electron chi connectivity index (χ1n) is 8.56. The molecule has 0 aliphatic heterocycles. The topological polar surface area (TPSA) is 96.3 Å². The molecule has 0 bridgehead atoms. The molecule has 148 valence electrons. The Kier molecular flexibility index (Phi) is 7.64. The SMILES string of the molecule is CCN(CCCNC(=O)NCc1cnn(-c2ccc(Cl)cc2)c1)S(C)(=O)=O. The van der Waals surface area contributed by atoms with Crippen molar-refractivity contribution in [1.29, 1.82) is 0 Å². The summed E-state index contributed by atoms with van der Waals surface area (Å²) in [7, 11) is -3.20. The van der Waals surface area contributed by atoms with Crippen LogP contribution >= 0.6 is 11.6 Å². The van der Waals surface area contributed by atoms with Crippen molar-refractivity contribution in [2.75, 3.05) is 25.9 Å². The van der Waals surface area contributed by atoms with Gasteiger partial charge in [0.05, 0.1) is 18.1 Å². The van der Waals surface area contributed by atoms with Crippen LogP contribution in [-0.4, -0.2) is 54.4 Å². The Hall–Kier alpha value is -2.10. The lowest BCUT2D eigenvalue weighted by atomic mass is 10.3. The predicted molar refractivity (Wildman–Crippen MR) is 106 cm³/mol. The molecule has 1 heterocycles. The average Bonchev–Trinajstić information content (AvgIpc) is 3.08. The largest absolute Gasteiger partial charge is 0.338 e. The summed E-state index contributed by atoms with van der Waals surface area (Å²) in [5.41, 5.74) is 1.73. The van der Waals surface area contributed by atoms with Gasteiger partial charge in [-0.05, 0) is 30.7 Å². The van der Waals surface area contributed by atoms with Gasteiger partial charge >= 0.3 is 6.03 Å². The van der Waals surface area contributed by atoms with Gasteiger partial charge in [0.2, 0.25) is 10.0 Å². The van der Waals surface area contributed by atoms with Gasteiger partial charge in [-0.25, -0.2) is 22.2 Å². The van der Waals surface area contributed by atoms with Gasteiger partial charge in [0, 0.05) is 43.0 Å². The van der Waals surface area contributed by atoms with Crippen LogP contribution in [0.15, 0.2) is 36.7 Å². The maximum atomic E-state index is 11.8. The zero-order valence-electron chi connectivity index (χ0n) is 15.4. The Bertz CT molecular complexity index is 852. The normalized spacial score (nSPS) is 11.6. The number of benzene rings is 1. The van der Waals surface area contributed by atoms with Crippen molar-refractivity contribution in [2.24, 2.45) is 0 Å². The van der Waals surface area contributed by atoms with E-state index < -0.39 is 10.0 Å². The Morgan fingerprint density at radius 2 is 1.96 bits per heavy atom. The number of halogens is 1. The number of aromatic nitrogens is 2. The molecular weight excluding hydrogens is 390 g/mol. The zero-order valence-corrected chi connectivity index (χ0v) is 16.9. The summed E-state index contributed by atoms with van der Waals surface area (Å²) in [6.07, 6.45) is 5.23. The second-order valence-corrected chi connectivity index (χ2v) is 8.41. The van der Waals surface area contributed by atoms with E-state index in [0.717, 1.165) is 11.3 Å². The van der Waals surface area contributed by atoms with E-state index >= 15 is 0 Å². The molecule has 2 N–H and O–H groups in total. The molecule has 10 heteroatoms. The highest BCUT2D eigenvalue weighted by Gasteiger charge is 2.13. The summed E-state index contributed by atoms with van der Waals surface area (Å²) in [6, 6.07) is 6.97. The first-order chi connectivity index (χ1) is 12.8. The molecule has 0 unspecified atom stereocenters. The maximum Gasteiger partial charge on any atom is 0.315 e. The Labute approximate surface area is 164 Å². The summed E-state index contributed by atoms with van der Waals surface area (Å²) >= 11 is 5.87. The van der Waals surface area contributed by atoms with Gasteiger partial charge < -0.3 is 10.6 Å². The predicted octanol–water partition coefficient (Wildman–Crippen LogP) is 2.00. The van der Waals surface area contributed by atoms with E-state index in [0.29, 0.717) is 37.6 Å². The fourth-order valence-electron chi connectivity index (χ4n) is 2.45. The first kappa shape index (κ1) is 21.2. The van der Waals surface area contributed by atoms with Crippen LogP contribution in [0.3, 0.4) is 0 Å². The zero-order chi connectivity index (χ0) is 19.9. The fourth-order valence-corrected chi connectivity index (χ4v) is 3.50. The molecule has 0 spiro atoms. The molecule has 0 saturated carbocycles. The number of amides is 2. The first-order valence-corrected chi connectivity index (χ1v) is 10.8. The molecule has 1 aromatic heterocycles. The van der Waals surface area contributed by atoms with Crippen molar-refractivity contribution in [1.82, 2.24) is 24.7 Å². The Morgan fingerprint density at radius 3 is 2.59 bits per heavy atom. The van der Waals surface area contributed by atoms with Gasteiger partial charge in [0.15, 0.2) is 0 Å². The van der Waals surface area contributed by atoms with Gasteiger partial charge in [-0.3, -0.25) is 0 Å². The lowest BCUT2D eigenvalue weighted by Gasteiger charge is -2.17. The minimum atomic E-state index is -3.20. The van der Waals surface area contributed by atoms with Crippen LogP contribution in [0.4, 0.5) is 4.79 Å². The number of nitrogens with one attached hydrogen (secondary N) is 2. The van der Waals surface area contributed by atoms with Gasteiger partial charge in [-0.1, -0.05) is 18.5 Å². The highest BCUT2D eigenvalue weighted by Crippen LogP contribution is 2.13. The number of carbonyl (C=O) groups excluding carboxylic acids is 1. The molecule has 0 aliphatic rings. The minimum Gasteiger partial charge on any atom is -0.338 e. The number of hydrogen-bond acceptors (Lipinski definition) is 4. The van der Waals surface area contributed by atoms with Gasteiger partial charge in [-0.15, -0.1) is 0 Å². The van der Waals surface area contributed by atoms with Crippen LogP contribution < -0.4 is 10.6 Å². The molecule has 27 heavy (non-hydrogen) atoms. The molecule has 2 aromatic rings. The minimum absolute atomic E-state index is 0.309. The number of urea groups is 1. The summed E-state index contributed by atoms with van der Waals surface area (Å²) in [4.78, 5) is 11.8. The number of nitrogens with zero attached hydrogens (tertiary/aromatic N) is 3. The van der Waals surface area contributed by atoms with Crippen molar-refractivity contribution < 1.29 is 13.2 Å².